The minimum Gasteiger partial charge on any atom is -0.478 e. The lowest BCUT2D eigenvalue weighted by molar-refractivity contribution is -0.132. The Hall–Kier alpha value is -0.830. The summed E-state index contributed by atoms with van der Waals surface area (Å²) >= 11 is 0. The molecule has 0 unspecified atom stereocenters. The molecule has 0 aromatic carbocycles. The Labute approximate surface area is 97.9 Å². The third kappa shape index (κ3) is 4.35. The van der Waals surface area contributed by atoms with E-state index in [0.29, 0.717) is 12.6 Å². The van der Waals surface area contributed by atoms with Gasteiger partial charge in [0.15, 0.2) is 0 Å². The van der Waals surface area contributed by atoms with E-state index in [-0.39, 0.29) is 5.57 Å². The van der Waals surface area contributed by atoms with Gasteiger partial charge in [-0.2, -0.15) is 0 Å². The first kappa shape index (κ1) is 13.2. The van der Waals surface area contributed by atoms with Crippen LogP contribution < -0.4 is 5.32 Å². The maximum Gasteiger partial charge on any atom is 0.332 e. The minimum absolute atomic E-state index is 0.260. The average Bonchev–Trinajstić information content (AvgIpc) is 2.28. The molecule has 3 heteroatoms. The van der Waals surface area contributed by atoms with Gasteiger partial charge in [-0.1, -0.05) is 26.3 Å². The standard InChI is InChI=1S/C13H23NO2/c1-3-4-11-5-7-12(8-6-11)14-9-10(2)13(15)16/h11-12,14H,2-9H2,1H3,(H,15,16). The van der Waals surface area contributed by atoms with Crippen LogP contribution in [-0.2, 0) is 4.79 Å². The molecular weight excluding hydrogens is 202 g/mol. The fourth-order valence-corrected chi connectivity index (χ4v) is 2.41. The quantitative estimate of drug-likeness (QED) is 0.683. The fourth-order valence-electron chi connectivity index (χ4n) is 2.41. The van der Waals surface area contributed by atoms with Gasteiger partial charge >= 0.3 is 5.97 Å². The Kier molecular flexibility index (Phi) is 5.53. The van der Waals surface area contributed by atoms with Gasteiger partial charge < -0.3 is 10.4 Å². The zero-order chi connectivity index (χ0) is 12.0. The third-order valence-corrected chi connectivity index (χ3v) is 3.45. The van der Waals surface area contributed by atoms with E-state index in [0.717, 1.165) is 5.92 Å². The van der Waals surface area contributed by atoms with Crippen molar-refractivity contribution in [2.45, 2.75) is 51.5 Å². The second kappa shape index (κ2) is 6.69. The van der Waals surface area contributed by atoms with Gasteiger partial charge in [-0.05, 0) is 31.6 Å². The number of hydrogen-bond donors (Lipinski definition) is 2. The molecule has 0 aliphatic heterocycles. The molecule has 0 bridgehead atoms. The molecule has 1 aliphatic carbocycles. The summed E-state index contributed by atoms with van der Waals surface area (Å²) in [5.41, 5.74) is 0.260. The van der Waals surface area contributed by atoms with Crippen LogP contribution in [0.25, 0.3) is 0 Å². The van der Waals surface area contributed by atoms with E-state index in [2.05, 4.69) is 18.8 Å². The van der Waals surface area contributed by atoms with Gasteiger partial charge in [0.1, 0.15) is 0 Å². The predicted molar refractivity (Wildman–Crippen MR) is 65.4 cm³/mol. The van der Waals surface area contributed by atoms with E-state index in [1.807, 2.05) is 0 Å². The number of carboxylic acids is 1. The second-order valence-electron chi connectivity index (χ2n) is 4.80. The molecule has 1 aliphatic rings. The van der Waals surface area contributed by atoms with Crippen molar-refractivity contribution < 1.29 is 9.90 Å². The van der Waals surface area contributed by atoms with Crippen LogP contribution in [0.1, 0.15) is 45.4 Å². The lowest BCUT2D eigenvalue weighted by atomic mass is 9.83. The molecule has 92 valence electrons. The Morgan fingerprint density at radius 3 is 2.50 bits per heavy atom. The summed E-state index contributed by atoms with van der Waals surface area (Å²) < 4.78 is 0. The summed E-state index contributed by atoms with van der Waals surface area (Å²) in [7, 11) is 0. The molecule has 1 fully saturated rings. The highest BCUT2D eigenvalue weighted by Gasteiger charge is 2.20. The number of aliphatic carboxylic acids is 1. The molecule has 3 nitrogen and oxygen atoms in total. The van der Waals surface area contributed by atoms with Crippen LogP contribution in [0.2, 0.25) is 0 Å². The molecule has 0 radical (unpaired) electrons. The summed E-state index contributed by atoms with van der Waals surface area (Å²) in [4.78, 5) is 10.6. The molecule has 0 spiro atoms. The largest absolute Gasteiger partial charge is 0.478 e. The normalized spacial score (nSPS) is 25.3. The number of hydrogen-bond acceptors (Lipinski definition) is 2. The lowest BCUT2D eigenvalue weighted by Crippen LogP contribution is -2.35. The summed E-state index contributed by atoms with van der Waals surface area (Å²) in [5.74, 6) is -0.00195. The van der Waals surface area contributed by atoms with E-state index < -0.39 is 5.97 Å². The van der Waals surface area contributed by atoms with Crippen LogP contribution in [-0.4, -0.2) is 23.7 Å². The van der Waals surface area contributed by atoms with Crippen molar-refractivity contribution in [1.29, 1.82) is 0 Å². The summed E-state index contributed by atoms with van der Waals surface area (Å²) in [5, 5.41) is 12.0. The van der Waals surface area contributed by atoms with Gasteiger partial charge in [0.05, 0.1) is 0 Å². The molecular formula is C13H23NO2. The fraction of sp³-hybridized carbons (Fsp3) is 0.769. The zero-order valence-electron chi connectivity index (χ0n) is 10.2. The molecule has 16 heavy (non-hydrogen) atoms. The Morgan fingerprint density at radius 2 is 2.00 bits per heavy atom. The Balaban J connectivity index is 2.17. The van der Waals surface area contributed by atoms with Crippen molar-refractivity contribution in [2.24, 2.45) is 5.92 Å². The van der Waals surface area contributed by atoms with E-state index in [9.17, 15) is 4.79 Å². The van der Waals surface area contributed by atoms with Crippen LogP contribution in [0, 0.1) is 5.92 Å². The van der Waals surface area contributed by atoms with E-state index in [4.69, 9.17) is 5.11 Å². The highest BCUT2D eigenvalue weighted by Crippen LogP contribution is 2.27. The van der Waals surface area contributed by atoms with Crippen LogP contribution in [0.5, 0.6) is 0 Å². The average molecular weight is 225 g/mol. The minimum atomic E-state index is -0.896. The molecule has 1 rings (SSSR count). The van der Waals surface area contributed by atoms with Crippen molar-refractivity contribution in [1.82, 2.24) is 5.32 Å². The third-order valence-electron chi connectivity index (χ3n) is 3.45. The summed E-state index contributed by atoms with van der Waals surface area (Å²) in [6.45, 7) is 6.17. The number of carbonyl (C=O) groups is 1. The van der Waals surface area contributed by atoms with Gasteiger partial charge in [0, 0.05) is 18.2 Å². The van der Waals surface area contributed by atoms with Gasteiger partial charge in [-0.3, -0.25) is 0 Å². The van der Waals surface area contributed by atoms with Crippen LogP contribution in [0.4, 0.5) is 0 Å². The van der Waals surface area contributed by atoms with Crippen molar-refractivity contribution in [3.8, 4) is 0 Å². The van der Waals surface area contributed by atoms with Crippen LogP contribution in [0.15, 0.2) is 12.2 Å². The summed E-state index contributed by atoms with van der Waals surface area (Å²) in [6.07, 6.45) is 7.54. The Morgan fingerprint density at radius 1 is 1.38 bits per heavy atom. The second-order valence-corrected chi connectivity index (χ2v) is 4.80. The maximum atomic E-state index is 10.6. The van der Waals surface area contributed by atoms with Gasteiger partial charge in [0.2, 0.25) is 0 Å². The molecule has 0 atom stereocenters. The first-order valence-electron chi connectivity index (χ1n) is 6.28. The number of nitrogens with one attached hydrogen (secondary N) is 1. The highest BCUT2D eigenvalue weighted by molar-refractivity contribution is 5.86. The predicted octanol–water partition coefficient (Wildman–Crippen LogP) is 2.58. The maximum absolute atomic E-state index is 10.6. The van der Waals surface area contributed by atoms with Crippen molar-refractivity contribution >= 4 is 5.97 Å². The molecule has 2 N–H and O–H groups in total. The first-order chi connectivity index (χ1) is 7.63. The zero-order valence-corrected chi connectivity index (χ0v) is 10.2. The molecule has 0 saturated heterocycles. The van der Waals surface area contributed by atoms with E-state index >= 15 is 0 Å². The SMILES string of the molecule is C=C(CNC1CCC(CCC)CC1)C(=O)O. The molecule has 0 amide bonds. The van der Waals surface area contributed by atoms with Gasteiger partial charge in [0.25, 0.3) is 0 Å². The Bertz CT molecular complexity index is 242. The number of rotatable bonds is 6. The first-order valence-corrected chi connectivity index (χ1v) is 6.28. The number of carboxylic acid groups (broad SMARTS) is 1. The molecule has 0 aromatic heterocycles. The summed E-state index contributed by atoms with van der Waals surface area (Å²) in [6, 6.07) is 0.490. The van der Waals surface area contributed by atoms with Crippen molar-refractivity contribution in [3.63, 3.8) is 0 Å². The monoisotopic (exact) mass is 225 g/mol. The topological polar surface area (TPSA) is 49.3 Å². The molecule has 0 heterocycles. The van der Waals surface area contributed by atoms with Crippen molar-refractivity contribution in [3.05, 3.63) is 12.2 Å². The van der Waals surface area contributed by atoms with Crippen LogP contribution >= 0.6 is 0 Å². The van der Waals surface area contributed by atoms with E-state index in [1.165, 1.54) is 38.5 Å². The lowest BCUT2D eigenvalue weighted by Gasteiger charge is -2.29. The highest BCUT2D eigenvalue weighted by atomic mass is 16.4. The van der Waals surface area contributed by atoms with Crippen LogP contribution in [0.3, 0.4) is 0 Å². The molecule has 1 saturated carbocycles. The van der Waals surface area contributed by atoms with Gasteiger partial charge in [-0.15, -0.1) is 0 Å². The van der Waals surface area contributed by atoms with Crippen molar-refractivity contribution in [2.75, 3.05) is 6.54 Å². The van der Waals surface area contributed by atoms with E-state index in [1.54, 1.807) is 0 Å². The van der Waals surface area contributed by atoms with Gasteiger partial charge in [-0.25, -0.2) is 4.79 Å². The molecule has 0 aromatic rings. The smallest absolute Gasteiger partial charge is 0.332 e.